The maximum Gasteiger partial charge on any atom is 0.241 e. The number of rotatable bonds is 3. The standard InChI is InChI=1S/C14H27N3O/c1-5-12-14(18)17(13(15-12)10(2)3)11-7-6-8-16(4)9-11/h10-13,15H,5-9H2,1-4H3. The van der Waals surface area contributed by atoms with Crippen LogP contribution in [0.3, 0.4) is 0 Å². The molecule has 3 unspecified atom stereocenters. The van der Waals surface area contributed by atoms with Crippen molar-refractivity contribution < 1.29 is 4.79 Å². The number of nitrogens with zero attached hydrogens (tertiary/aromatic N) is 2. The lowest BCUT2D eigenvalue weighted by Crippen LogP contribution is -2.53. The van der Waals surface area contributed by atoms with E-state index in [1.165, 1.54) is 6.42 Å². The highest BCUT2D eigenvalue weighted by Gasteiger charge is 2.43. The van der Waals surface area contributed by atoms with Gasteiger partial charge < -0.3 is 9.80 Å². The molecule has 0 aromatic carbocycles. The molecule has 4 heteroatoms. The Morgan fingerprint density at radius 2 is 2.17 bits per heavy atom. The first-order valence-corrected chi connectivity index (χ1v) is 7.31. The summed E-state index contributed by atoms with van der Waals surface area (Å²) in [6.07, 6.45) is 3.46. The number of hydrogen-bond donors (Lipinski definition) is 1. The van der Waals surface area contributed by atoms with Crippen LogP contribution >= 0.6 is 0 Å². The largest absolute Gasteiger partial charge is 0.321 e. The molecule has 1 N–H and O–H groups in total. The molecule has 18 heavy (non-hydrogen) atoms. The van der Waals surface area contributed by atoms with Gasteiger partial charge in [0.25, 0.3) is 0 Å². The maximum atomic E-state index is 12.5. The van der Waals surface area contributed by atoms with E-state index in [-0.39, 0.29) is 12.2 Å². The second-order valence-electron chi connectivity index (χ2n) is 6.12. The highest BCUT2D eigenvalue weighted by Crippen LogP contribution is 2.26. The zero-order valence-electron chi connectivity index (χ0n) is 12.1. The Labute approximate surface area is 111 Å². The molecule has 0 aromatic rings. The van der Waals surface area contributed by atoms with Crippen LogP contribution in [0, 0.1) is 5.92 Å². The van der Waals surface area contributed by atoms with Crippen molar-refractivity contribution in [3.8, 4) is 0 Å². The molecule has 0 saturated carbocycles. The Morgan fingerprint density at radius 1 is 1.44 bits per heavy atom. The van der Waals surface area contributed by atoms with E-state index in [2.05, 4.69) is 42.9 Å². The van der Waals surface area contributed by atoms with Crippen LogP contribution in [0.1, 0.15) is 40.0 Å². The first-order chi connectivity index (χ1) is 8.54. The van der Waals surface area contributed by atoms with E-state index in [4.69, 9.17) is 0 Å². The Hall–Kier alpha value is -0.610. The molecule has 2 aliphatic rings. The van der Waals surface area contributed by atoms with E-state index in [1.807, 2.05) is 0 Å². The van der Waals surface area contributed by atoms with Crippen LogP contribution in [0.5, 0.6) is 0 Å². The molecule has 2 fully saturated rings. The van der Waals surface area contributed by atoms with Crippen LogP contribution in [0.25, 0.3) is 0 Å². The van der Waals surface area contributed by atoms with Gasteiger partial charge in [-0.05, 0) is 38.8 Å². The lowest BCUT2D eigenvalue weighted by atomic mass is 10.0. The molecule has 0 radical (unpaired) electrons. The minimum atomic E-state index is 0.0321. The lowest BCUT2D eigenvalue weighted by molar-refractivity contribution is -0.134. The molecule has 0 aromatic heterocycles. The van der Waals surface area contributed by atoms with Crippen LogP contribution in [0.15, 0.2) is 0 Å². The number of nitrogens with one attached hydrogen (secondary N) is 1. The van der Waals surface area contributed by atoms with Crippen molar-refractivity contribution in [2.45, 2.75) is 58.3 Å². The third-order valence-corrected chi connectivity index (χ3v) is 4.26. The van der Waals surface area contributed by atoms with Gasteiger partial charge in [0, 0.05) is 12.6 Å². The Bertz CT molecular complexity index is 305. The predicted octanol–water partition coefficient (Wildman–Crippen LogP) is 1.27. The minimum absolute atomic E-state index is 0.0321. The summed E-state index contributed by atoms with van der Waals surface area (Å²) in [6, 6.07) is 0.428. The molecule has 0 bridgehead atoms. The van der Waals surface area contributed by atoms with Gasteiger partial charge >= 0.3 is 0 Å². The van der Waals surface area contributed by atoms with Crippen molar-refractivity contribution in [1.29, 1.82) is 0 Å². The van der Waals surface area contributed by atoms with Gasteiger partial charge in [-0.3, -0.25) is 10.1 Å². The number of piperidine rings is 1. The van der Waals surface area contributed by atoms with Crippen LogP contribution in [0.4, 0.5) is 0 Å². The molecular formula is C14H27N3O. The molecule has 2 saturated heterocycles. The Kier molecular flexibility index (Phi) is 4.28. The van der Waals surface area contributed by atoms with E-state index < -0.39 is 0 Å². The monoisotopic (exact) mass is 253 g/mol. The number of hydrogen-bond acceptors (Lipinski definition) is 3. The Balaban J connectivity index is 2.14. The molecular weight excluding hydrogens is 226 g/mol. The van der Waals surface area contributed by atoms with Gasteiger partial charge in [0.2, 0.25) is 5.91 Å². The minimum Gasteiger partial charge on any atom is -0.321 e. The quantitative estimate of drug-likeness (QED) is 0.823. The van der Waals surface area contributed by atoms with Gasteiger partial charge in [0.05, 0.1) is 12.2 Å². The number of likely N-dealkylation sites (tertiary alicyclic amines) is 1. The summed E-state index contributed by atoms with van der Waals surface area (Å²) in [5, 5.41) is 3.51. The molecule has 1 amide bonds. The number of carbonyl (C=O) groups excluding carboxylic acids is 1. The van der Waals surface area contributed by atoms with Crippen molar-refractivity contribution in [1.82, 2.24) is 15.1 Å². The van der Waals surface area contributed by atoms with Gasteiger partial charge in [0.15, 0.2) is 0 Å². The van der Waals surface area contributed by atoms with Crippen LogP contribution in [0.2, 0.25) is 0 Å². The Morgan fingerprint density at radius 3 is 2.72 bits per heavy atom. The normalized spacial score (nSPS) is 34.6. The second kappa shape index (κ2) is 5.57. The fraction of sp³-hybridized carbons (Fsp3) is 0.929. The molecule has 2 aliphatic heterocycles. The van der Waals surface area contributed by atoms with Crippen molar-refractivity contribution in [2.75, 3.05) is 20.1 Å². The van der Waals surface area contributed by atoms with Crippen LogP contribution in [-0.2, 0) is 4.79 Å². The highest BCUT2D eigenvalue weighted by molar-refractivity contribution is 5.84. The summed E-state index contributed by atoms with van der Waals surface area (Å²) >= 11 is 0. The summed E-state index contributed by atoms with van der Waals surface area (Å²) in [5.74, 6) is 0.786. The van der Waals surface area contributed by atoms with Crippen LogP contribution < -0.4 is 5.32 Å². The summed E-state index contributed by atoms with van der Waals surface area (Å²) < 4.78 is 0. The van der Waals surface area contributed by atoms with Crippen LogP contribution in [-0.4, -0.2) is 54.1 Å². The van der Waals surface area contributed by atoms with Gasteiger partial charge in [-0.1, -0.05) is 20.8 Å². The van der Waals surface area contributed by atoms with E-state index >= 15 is 0 Å². The van der Waals surface area contributed by atoms with E-state index in [0.29, 0.717) is 17.9 Å². The van der Waals surface area contributed by atoms with Crippen molar-refractivity contribution in [3.05, 3.63) is 0 Å². The predicted molar refractivity (Wildman–Crippen MR) is 73.2 cm³/mol. The molecule has 4 nitrogen and oxygen atoms in total. The third-order valence-electron chi connectivity index (χ3n) is 4.26. The highest BCUT2D eigenvalue weighted by atomic mass is 16.2. The number of amides is 1. The molecule has 2 heterocycles. The SMILES string of the molecule is CCC1NC(C(C)C)N(C2CCCN(C)C2)C1=O. The summed E-state index contributed by atoms with van der Waals surface area (Å²) in [6.45, 7) is 8.66. The summed E-state index contributed by atoms with van der Waals surface area (Å²) in [4.78, 5) is 17.0. The topological polar surface area (TPSA) is 35.6 Å². The zero-order valence-corrected chi connectivity index (χ0v) is 12.1. The zero-order chi connectivity index (χ0) is 13.3. The van der Waals surface area contributed by atoms with Crippen molar-refractivity contribution in [2.24, 2.45) is 5.92 Å². The molecule has 0 aliphatic carbocycles. The number of carbonyl (C=O) groups is 1. The number of likely N-dealkylation sites (N-methyl/N-ethyl adjacent to an activating group) is 1. The average Bonchev–Trinajstić information content (AvgIpc) is 2.66. The summed E-state index contributed by atoms with van der Waals surface area (Å²) in [7, 11) is 2.15. The molecule has 104 valence electrons. The van der Waals surface area contributed by atoms with E-state index in [1.54, 1.807) is 0 Å². The van der Waals surface area contributed by atoms with Gasteiger partial charge in [-0.15, -0.1) is 0 Å². The van der Waals surface area contributed by atoms with E-state index in [0.717, 1.165) is 25.9 Å². The lowest BCUT2D eigenvalue weighted by Gasteiger charge is -2.39. The second-order valence-corrected chi connectivity index (χ2v) is 6.12. The maximum absolute atomic E-state index is 12.5. The third kappa shape index (κ3) is 2.54. The molecule has 3 atom stereocenters. The average molecular weight is 253 g/mol. The van der Waals surface area contributed by atoms with Gasteiger partial charge in [-0.2, -0.15) is 0 Å². The van der Waals surface area contributed by atoms with E-state index in [9.17, 15) is 4.79 Å². The smallest absolute Gasteiger partial charge is 0.241 e. The first kappa shape index (κ1) is 13.8. The van der Waals surface area contributed by atoms with Gasteiger partial charge in [-0.25, -0.2) is 0 Å². The first-order valence-electron chi connectivity index (χ1n) is 7.31. The fourth-order valence-corrected chi connectivity index (χ4v) is 3.25. The van der Waals surface area contributed by atoms with Crippen molar-refractivity contribution >= 4 is 5.91 Å². The van der Waals surface area contributed by atoms with Gasteiger partial charge in [0.1, 0.15) is 0 Å². The molecule has 0 spiro atoms. The molecule has 2 rings (SSSR count). The summed E-state index contributed by atoms with van der Waals surface area (Å²) in [5.41, 5.74) is 0. The van der Waals surface area contributed by atoms with Crippen molar-refractivity contribution in [3.63, 3.8) is 0 Å². The fourth-order valence-electron chi connectivity index (χ4n) is 3.25.